The highest BCUT2D eigenvalue weighted by molar-refractivity contribution is 5.94. The van der Waals surface area contributed by atoms with Crippen molar-refractivity contribution in [2.24, 2.45) is 5.92 Å². The smallest absolute Gasteiger partial charge is 0.308 e. The number of carbonyl (C=O) groups excluding carboxylic acids is 1. The Morgan fingerprint density at radius 2 is 2.14 bits per heavy atom. The van der Waals surface area contributed by atoms with Crippen LogP contribution in [0, 0.1) is 12.8 Å². The minimum Gasteiger partial charge on any atom is -0.481 e. The maximum atomic E-state index is 12.5. The van der Waals surface area contributed by atoms with Gasteiger partial charge < -0.3 is 14.7 Å². The number of ether oxygens (including phenoxy) is 1. The van der Waals surface area contributed by atoms with Crippen LogP contribution in [0.2, 0.25) is 0 Å². The molecule has 1 heterocycles. The normalized spacial score (nSPS) is 12.0. The van der Waals surface area contributed by atoms with Gasteiger partial charge in [-0.2, -0.15) is 0 Å². The molecule has 1 amide bonds. The standard InChI is InChI=1S/C16H24N2O4/c1-4-22-9-5-8-18(11-12(2)16(20)21)15(19)14-7-6-13(3)17-10-14/h6-7,10,12H,4-5,8-9,11H2,1-3H3,(H,20,21). The molecule has 0 aliphatic heterocycles. The Kier molecular flexibility index (Phi) is 7.52. The Labute approximate surface area is 131 Å². The summed E-state index contributed by atoms with van der Waals surface area (Å²) < 4.78 is 5.27. The molecule has 0 bridgehead atoms. The maximum Gasteiger partial charge on any atom is 0.308 e. The van der Waals surface area contributed by atoms with Crippen LogP contribution in [0.15, 0.2) is 18.3 Å². The zero-order chi connectivity index (χ0) is 16.5. The van der Waals surface area contributed by atoms with Crippen molar-refractivity contribution >= 4 is 11.9 Å². The first kappa shape index (κ1) is 18.1. The summed E-state index contributed by atoms with van der Waals surface area (Å²) in [5.41, 5.74) is 1.30. The number of carboxylic acid groups (broad SMARTS) is 1. The molecule has 122 valence electrons. The summed E-state index contributed by atoms with van der Waals surface area (Å²) in [7, 11) is 0. The van der Waals surface area contributed by atoms with Crippen molar-refractivity contribution in [3.8, 4) is 0 Å². The van der Waals surface area contributed by atoms with Crippen molar-refractivity contribution in [3.05, 3.63) is 29.6 Å². The highest BCUT2D eigenvalue weighted by Crippen LogP contribution is 2.09. The Hall–Kier alpha value is -1.95. The van der Waals surface area contributed by atoms with Crippen molar-refractivity contribution in [1.29, 1.82) is 0 Å². The third kappa shape index (κ3) is 5.81. The van der Waals surface area contributed by atoms with Gasteiger partial charge >= 0.3 is 5.97 Å². The number of nitrogens with zero attached hydrogens (tertiary/aromatic N) is 2. The predicted octanol–water partition coefficient (Wildman–Crippen LogP) is 1.98. The molecule has 1 aromatic rings. The van der Waals surface area contributed by atoms with Gasteiger partial charge in [-0.3, -0.25) is 14.6 Å². The van der Waals surface area contributed by atoms with Crippen molar-refractivity contribution in [2.45, 2.75) is 27.2 Å². The number of carbonyl (C=O) groups is 2. The third-order valence-electron chi connectivity index (χ3n) is 3.28. The molecule has 0 fully saturated rings. The van der Waals surface area contributed by atoms with E-state index in [4.69, 9.17) is 9.84 Å². The molecule has 1 aromatic heterocycles. The number of hydrogen-bond acceptors (Lipinski definition) is 4. The Balaban J connectivity index is 2.75. The van der Waals surface area contributed by atoms with Crippen LogP contribution in [0.4, 0.5) is 0 Å². The van der Waals surface area contributed by atoms with Gasteiger partial charge in [0.25, 0.3) is 5.91 Å². The van der Waals surface area contributed by atoms with Crippen molar-refractivity contribution in [3.63, 3.8) is 0 Å². The minimum absolute atomic E-state index is 0.175. The van der Waals surface area contributed by atoms with E-state index in [1.54, 1.807) is 24.0 Å². The topological polar surface area (TPSA) is 79.7 Å². The van der Waals surface area contributed by atoms with E-state index in [1.807, 2.05) is 13.8 Å². The fourth-order valence-electron chi connectivity index (χ4n) is 1.96. The van der Waals surface area contributed by atoms with Crippen LogP contribution in [-0.2, 0) is 9.53 Å². The second-order valence-electron chi connectivity index (χ2n) is 5.23. The van der Waals surface area contributed by atoms with E-state index < -0.39 is 11.9 Å². The summed E-state index contributed by atoms with van der Waals surface area (Å²) in [5, 5.41) is 9.05. The molecule has 0 radical (unpaired) electrons. The van der Waals surface area contributed by atoms with Crippen molar-refractivity contribution < 1.29 is 19.4 Å². The summed E-state index contributed by atoms with van der Waals surface area (Å²) in [6.07, 6.45) is 2.20. The number of aliphatic carboxylic acids is 1. The molecule has 1 rings (SSSR count). The van der Waals surface area contributed by atoms with Gasteiger partial charge in [0, 0.05) is 38.2 Å². The van der Waals surface area contributed by atoms with Gasteiger partial charge in [-0.25, -0.2) is 0 Å². The number of aryl methyl sites for hydroxylation is 1. The first-order chi connectivity index (χ1) is 10.5. The summed E-state index contributed by atoms with van der Waals surface area (Å²) in [6, 6.07) is 3.48. The number of carboxylic acids is 1. The van der Waals surface area contributed by atoms with Crippen molar-refractivity contribution in [1.82, 2.24) is 9.88 Å². The fraction of sp³-hybridized carbons (Fsp3) is 0.562. The first-order valence-electron chi connectivity index (χ1n) is 7.48. The van der Waals surface area contributed by atoms with E-state index in [-0.39, 0.29) is 12.5 Å². The van der Waals surface area contributed by atoms with Crippen LogP contribution in [-0.4, -0.2) is 53.2 Å². The summed E-state index contributed by atoms with van der Waals surface area (Å²) in [5.74, 6) is -1.73. The minimum atomic E-state index is -0.912. The van der Waals surface area contributed by atoms with Gasteiger partial charge in [0.1, 0.15) is 0 Å². The molecule has 22 heavy (non-hydrogen) atoms. The molecule has 0 saturated carbocycles. The van der Waals surface area contributed by atoms with Crippen molar-refractivity contribution in [2.75, 3.05) is 26.3 Å². The van der Waals surface area contributed by atoms with E-state index >= 15 is 0 Å². The molecule has 6 heteroatoms. The molecule has 6 nitrogen and oxygen atoms in total. The van der Waals surface area contributed by atoms with Crippen LogP contribution in [0.3, 0.4) is 0 Å². The average Bonchev–Trinajstić information content (AvgIpc) is 2.50. The van der Waals surface area contributed by atoms with Gasteiger partial charge in [-0.1, -0.05) is 6.92 Å². The molecule has 0 aromatic carbocycles. The van der Waals surface area contributed by atoms with E-state index in [0.717, 1.165) is 5.69 Å². The molecule has 1 unspecified atom stereocenters. The van der Waals surface area contributed by atoms with Crippen LogP contribution in [0.25, 0.3) is 0 Å². The van der Waals surface area contributed by atoms with E-state index in [9.17, 15) is 9.59 Å². The molecule has 0 saturated heterocycles. The number of pyridine rings is 1. The maximum absolute atomic E-state index is 12.5. The van der Waals surface area contributed by atoms with E-state index in [0.29, 0.717) is 31.7 Å². The lowest BCUT2D eigenvalue weighted by molar-refractivity contribution is -0.141. The average molecular weight is 308 g/mol. The second-order valence-corrected chi connectivity index (χ2v) is 5.23. The highest BCUT2D eigenvalue weighted by atomic mass is 16.5. The lowest BCUT2D eigenvalue weighted by Crippen LogP contribution is -2.38. The van der Waals surface area contributed by atoms with E-state index in [1.165, 1.54) is 6.20 Å². The molecule has 1 atom stereocenters. The summed E-state index contributed by atoms with van der Waals surface area (Å²) >= 11 is 0. The molecule has 0 spiro atoms. The molecular weight excluding hydrogens is 284 g/mol. The Morgan fingerprint density at radius 1 is 1.41 bits per heavy atom. The largest absolute Gasteiger partial charge is 0.481 e. The third-order valence-corrected chi connectivity index (χ3v) is 3.28. The zero-order valence-corrected chi connectivity index (χ0v) is 13.4. The van der Waals surface area contributed by atoms with Gasteiger partial charge in [0.05, 0.1) is 11.5 Å². The van der Waals surface area contributed by atoms with Crippen LogP contribution in [0.5, 0.6) is 0 Å². The van der Waals surface area contributed by atoms with Crippen LogP contribution >= 0.6 is 0 Å². The lowest BCUT2D eigenvalue weighted by Gasteiger charge is -2.24. The predicted molar refractivity (Wildman–Crippen MR) is 82.8 cm³/mol. The van der Waals surface area contributed by atoms with Gasteiger partial charge in [0.2, 0.25) is 0 Å². The number of rotatable bonds is 9. The Bertz CT molecular complexity index is 487. The second kappa shape index (κ2) is 9.15. The molecule has 0 aliphatic carbocycles. The first-order valence-corrected chi connectivity index (χ1v) is 7.48. The highest BCUT2D eigenvalue weighted by Gasteiger charge is 2.21. The van der Waals surface area contributed by atoms with Gasteiger partial charge in [-0.05, 0) is 32.4 Å². The summed E-state index contributed by atoms with van der Waals surface area (Å²) in [6.45, 7) is 7.17. The molecule has 1 N–H and O–H groups in total. The monoisotopic (exact) mass is 308 g/mol. The van der Waals surface area contributed by atoms with Gasteiger partial charge in [0.15, 0.2) is 0 Å². The van der Waals surface area contributed by atoms with E-state index in [2.05, 4.69) is 4.98 Å². The number of aromatic nitrogens is 1. The molecular formula is C16H24N2O4. The molecule has 0 aliphatic rings. The SMILES string of the molecule is CCOCCCN(CC(C)C(=O)O)C(=O)c1ccc(C)nc1. The fourth-order valence-corrected chi connectivity index (χ4v) is 1.96. The lowest BCUT2D eigenvalue weighted by atomic mass is 10.1. The van der Waals surface area contributed by atoms with Crippen LogP contribution in [0.1, 0.15) is 36.3 Å². The summed E-state index contributed by atoms with van der Waals surface area (Å²) in [4.78, 5) is 29.2. The van der Waals surface area contributed by atoms with Gasteiger partial charge in [-0.15, -0.1) is 0 Å². The number of amides is 1. The quantitative estimate of drug-likeness (QED) is 0.706. The number of hydrogen-bond donors (Lipinski definition) is 1. The zero-order valence-electron chi connectivity index (χ0n) is 13.4. The Morgan fingerprint density at radius 3 is 2.68 bits per heavy atom. The van der Waals surface area contributed by atoms with Crippen LogP contribution < -0.4 is 0 Å².